The Bertz CT molecular complexity index is 1240. The molecule has 37 heavy (non-hydrogen) atoms. The van der Waals surface area contributed by atoms with Gasteiger partial charge >= 0.3 is 5.97 Å². The average molecular weight is 505 g/mol. The lowest BCUT2D eigenvalue weighted by Gasteiger charge is -2.55. The van der Waals surface area contributed by atoms with Gasteiger partial charge in [-0.25, -0.2) is 0 Å². The molecule has 0 aromatic heterocycles. The Hall–Kier alpha value is -2.86. The third-order valence-electron chi connectivity index (χ3n) is 9.59. The zero-order valence-corrected chi connectivity index (χ0v) is 22.2. The second-order valence-electron chi connectivity index (χ2n) is 11.5. The van der Waals surface area contributed by atoms with Gasteiger partial charge in [-0.15, -0.1) is 0 Å². The minimum absolute atomic E-state index is 0.00819. The third kappa shape index (κ3) is 4.04. The lowest BCUT2D eigenvalue weighted by molar-refractivity contribution is -0.185. The Labute approximate surface area is 218 Å². The zero-order valence-electron chi connectivity index (χ0n) is 22.2. The van der Waals surface area contributed by atoms with Gasteiger partial charge in [-0.2, -0.15) is 0 Å². The first kappa shape index (κ1) is 25.8. The van der Waals surface area contributed by atoms with Crippen molar-refractivity contribution in [3.8, 4) is 0 Å². The summed E-state index contributed by atoms with van der Waals surface area (Å²) in [6.45, 7) is 4.97. The van der Waals surface area contributed by atoms with E-state index in [0.29, 0.717) is 24.8 Å². The number of fused-ring (bicyclic) bond motifs is 4. The third-order valence-corrected chi connectivity index (χ3v) is 9.59. The largest absolute Gasteiger partial charge is 0.451 e. The van der Waals surface area contributed by atoms with Crippen molar-refractivity contribution in [1.29, 1.82) is 0 Å². The summed E-state index contributed by atoms with van der Waals surface area (Å²) in [6.07, 6.45) is 6.72. The topological polar surface area (TPSA) is 86.7 Å². The molecule has 1 aromatic rings. The average Bonchev–Trinajstić information content (AvgIpc) is 3.15. The first-order valence-corrected chi connectivity index (χ1v) is 13.4. The number of rotatable bonds is 6. The highest BCUT2D eigenvalue weighted by Crippen LogP contribution is 2.67. The Balaban J connectivity index is 1.71. The van der Waals surface area contributed by atoms with E-state index in [1.807, 2.05) is 24.3 Å². The van der Waals surface area contributed by atoms with Gasteiger partial charge in [-0.05, 0) is 86.1 Å². The van der Waals surface area contributed by atoms with Crippen LogP contribution in [0.5, 0.6) is 0 Å². The molecule has 4 aliphatic rings. The van der Waals surface area contributed by atoms with E-state index < -0.39 is 17.0 Å². The normalized spacial score (nSPS) is 32.7. The molecule has 0 amide bonds. The number of ether oxygens (including phenoxy) is 2. The van der Waals surface area contributed by atoms with Gasteiger partial charge in [0.25, 0.3) is 0 Å². The smallest absolute Gasteiger partial charge is 0.303 e. The van der Waals surface area contributed by atoms with E-state index in [0.717, 1.165) is 36.8 Å². The summed E-state index contributed by atoms with van der Waals surface area (Å²) in [4.78, 5) is 50.6. The summed E-state index contributed by atoms with van der Waals surface area (Å²) in [5, 5.41) is 0. The molecule has 0 unspecified atom stereocenters. The van der Waals surface area contributed by atoms with Crippen LogP contribution >= 0.6 is 0 Å². The highest BCUT2D eigenvalue weighted by atomic mass is 16.6. The number of benzene rings is 1. The van der Waals surface area contributed by atoms with Crippen molar-refractivity contribution < 1.29 is 28.7 Å². The predicted molar refractivity (Wildman–Crippen MR) is 138 cm³/mol. The van der Waals surface area contributed by atoms with Crippen molar-refractivity contribution >= 4 is 23.3 Å². The SMILES string of the molecule is COCC(=O)[C@@]1(OC(C)=O)CC[C@H]2[C@@H]3CCC4=CC(=O)CCC4=C3[C@@H](c3cccc(C(C)=O)c3)C[C@@]21C. The summed E-state index contributed by atoms with van der Waals surface area (Å²) >= 11 is 0. The molecule has 196 valence electrons. The number of allylic oxidation sites excluding steroid dienone is 4. The van der Waals surface area contributed by atoms with Gasteiger partial charge in [0.1, 0.15) is 6.61 Å². The molecule has 0 saturated heterocycles. The van der Waals surface area contributed by atoms with E-state index in [-0.39, 0.29) is 41.7 Å². The fourth-order valence-corrected chi connectivity index (χ4v) is 8.10. The van der Waals surface area contributed by atoms with Gasteiger partial charge in [0, 0.05) is 37.4 Å². The maximum atomic E-state index is 13.7. The molecule has 6 nitrogen and oxygen atoms in total. The highest BCUT2D eigenvalue weighted by Gasteiger charge is 2.68. The molecule has 2 fully saturated rings. The minimum Gasteiger partial charge on any atom is -0.451 e. The Morgan fingerprint density at radius 1 is 1.08 bits per heavy atom. The summed E-state index contributed by atoms with van der Waals surface area (Å²) < 4.78 is 11.3. The second kappa shape index (κ2) is 9.46. The molecule has 5 atom stereocenters. The van der Waals surface area contributed by atoms with Crippen LogP contribution in [-0.4, -0.2) is 42.6 Å². The maximum Gasteiger partial charge on any atom is 0.303 e. The molecule has 0 bridgehead atoms. The molecule has 4 aliphatic carbocycles. The molecular formula is C31H36O6. The van der Waals surface area contributed by atoms with E-state index in [1.54, 1.807) is 6.92 Å². The number of esters is 1. The van der Waals surface area contributed by atoms with Crippen LogP contribution in [-0.2, 0) is 23.9 Å². The van der Waals surface area contributed by atoms with Crippen LogP contribution in [0.2, 0.25) is 0 Å². The van der Waals surface area contributed by atoms with Crippen LogP contribution in [0.4, 0.5) is 0 Å². The standard InChI is InChI=1S/C31H36O6/c1-18(32)20-6-5-7-21(14-20)26-16-30(3)27(12-13-31(30,37-19(2)33)28(35)17-36-4)25-10-8-22-15-23(34)9-11-24(22)29(25)26/h5-7,14-15,25-27H,8-13,16-17H2,1-4H3/t25-,26+,27-,30-,31-/m0/s1. The van der Waals surface area contributed by atoms with E-state index in [4.69, 9.17) is 9.47 Å². The minimum atomic E-state index is -1.25. The Morgan fingerprint density at radius 2 is 1.86 bits per heavy atom. The number of carbonyl (C=O) groups excluding carboxylic acids is 4. The first-order chi connectivity index (χ1) is 17.6. The molecule has 6 heteroatoms. The van der Waals surface area contributed by atoms with Crippen molar-refractivity contribution in [2.75, 3.05) is 13.7 Å². The monoisotopic (exact) mass is 504 g/mol. The first-order valence-electron chi connectivity index (χ1n) is 13.4. The molecule has 5 rings (SSSR count). The van der Waals surface area contributed by atoms with Crippen molar-refractivity contribution in [3.05, 3.63) is 58.2 Å². The summed E-state index contributed by atoms with van der Waals surface area (Å²) in [5.74, 6) is -0.0879. The molecular weight excluding hydrogens is 468 g/mol. The van der Waals surface area contributed by atoms with Gasteiger partial charge < -0.3 is 9.47 Å². The van der Waals surface area contributed by atoms with Crippen LogP contribution < -0.4 is 0 Å². The van der Waals surface area contributed by atoms with Gasteiger partial charge in [-0.3, -0.25) is 19.2 Å². The van der Waals surface area contributed by atoms with E-state index in [1.165, 1.54) is 25.2 Å². The number of hydrogen-bond donors (Lipinski definition) is 0. The molecule has 2 saturated carbocycles. The van der Waals surface area contributed by atoms with Gasteiger partial charge in [0.15, 0.2) is 17.2 Å². The lowest BCUT2D eigenvalue weighted by atomic mass is 9.50. The summed E-state index contributed by atoms with van der Waals surface area (Å²) in [5.41, 5.74) is 3.68. The molecule has 1 aromatic carbocycles. The Morgan fingerprint density at radius 3 is 2.57 bits per heavy atom. The Kier molecular flexibility index (Phi) is 6.59. The number of hydrogen-bond acceptors (Lipinski definition) is 6. The quantitative estimate of drug-likeness (QED) is 0.386. The van der Waals surface area contributed by atoms with E-state index in [9.17, 15) is 19.2 Å². The van der Waals surface area contributed by atoms with Crippen LogP contribution in [0.3, 0.4) is 0 Å². The summed E-state index contributed by atoms with van der Waals surface area (Å²) in [7, 11) is 1.49. The van der Waals surface area contributed by atoms with Gasteiger partial charge in [0.2, 0.25) is 5.78 Å². The van der Waals surface area contributed by atoms with Gasteiger partial charge in [-0.1, -0.05) is 30.7 Å². The van der Waals surface area contributed by atoms with Crippen LogP contribution in [0.25, 0.3) is 0 Å². The van der Waals surface area contributed by atoms with Crippen LogP contribution in [0.15, 0.2) is 47.1 Å². The van der Waals surface area contributed by atoms with Crippen LogP contribution in [0, 0.1) is 17.3 Å². The fraction of sp³-hybridized carbons (Fsp3) is 0.548. The number of carbonyl (C=O) groups is 4. The number of methoxy groups -OCH3 is 1. The zero-order chi connectivity index (χ0) is 26.5. The summed E-state index contributed by atoms with van der Waals surface area (Å²) in [6, 6.07) is 7.80. The maximum absolute atomic E-state index is 13.7. The molecule has 0 heterocycles. The van der Waals surface area contributed by atoms with E-state index >= 15 is 0 Å². The highest BCUT2D eigenvalue weighted by molar-refractivity contribution is 5.95. The number of Topliss-reactive ketones (excluding diaryl/α,β-unsaturated/α-hetero) is 2. The second-order valence-corrected chi connectivity index (χ2v) is 11.5. The number of ketones is 3. The van der Waals surface area contributed by atoms with Crippen molar-refractivity contribution in [3.63, 3.8) is 0 Å². The predicted octanol–water partition coefficient (Wildman–Crippen LogP) is 5.31. The van der Waals surface area contributed by atoms with Crippen molar-refractivity contribution in [2.45, 2.75) is 77.2 Å². The van der Waals surface area contributed by atoms with Crippen LogP contribution in [0.1, 0.15) is 87.6 Å². The van der Waals surface area contributed by atoms with Gasteiger partial charge in [0.05, 0.1) is 0 Å². The lowest BCUT2D eigenvalue weighted by Crippen LogP contribution is -2.58. The molecule has 0 aliphatic heterocycles. The van der Waals surface area contributed by atoms with Crippen molar-refractivity contribution in [1.82, 2.24) is 0 Å². The molecule has 0 spiro atoms. The fourth-order valence-electron chi connectivity index (χ4n) is 8.10. The molecule has 0 radical (unpaired) electrons. The van der Waals surface area contributed by atoms with E-state index in [2.05, 4.69) is 13.0 Å². The van der Waals surface area contributed by atoms with Crippen molar-refractivity contribution in [2.24, 2.45) is 17.3 Å². The molecule has 0 N–H and O–H groups in total.